The fourth-order valence-electron chi connectivity index (χ4n) is 3.69. The highest BCUT2D eigenvalue weighted by atomic mass is 32.1. The van der Waals surface area contributed by atoms with Crippen LogP contribution in [-0.2, 0) is 16.1 Å². The van der Waals surface area contributed by atoms with E-state index in [0.29, 0.717) is 11.8 Å². The zero-order chi connectivity index (χ0) is 27.1. The Kier molecular flexibility index (Phi) is 9.81. The highest BCUT2D eigenvalue weighted by molar-refractivity contribution is 7.12. The second-order valence-electron chi connectivity index (χ2n) is 7.87. The number of halogens is 6. The zero-order valence-electron chi connectivity index (χ0n) is 18.4. The molecule has 2 aliphatic heterocycles. The van der Waals surface area contributed by atoms with Crippen molar-refractivity contribution in [1.82, 2.24) is 14.8 Å². The number of aromatic nitrogens is 1. The molecule has 0 aliphatic carbocycles. The van der Waals surface area contributed by atoms with E-state index in [1.807, 2.05) is 40.9 Å². The van der Waals surface area contributed by atoms with Gasteiger partial charge < -0.3 is 15.1 Å². The number of nitrogens with zero attached hydrogens (tertiary/aromatic N) is 3. The molecule has 2 fully saturated rings. The summed E-state index contributed by atoms with van der Waals surface area (Å²) in [4.78, 5) is 39.8. The molecule has 4 rings (SSSR count). The minimum atomic E-state index is -5.08. The molecule has 36 heavy (non-hydrogen) atoms. The van der Waals surface area contributed by atoms with Crippen LogP contribution in [0, 0.1) is 11.8 Å². The number of rotatable bonds is 3. The largest absolute Gasteiger partial charge is 0.490 e. The van der Waals surface area contributed by atoms with E-state index in [0.717, 1.165) is 37.6 Å². The number of aliphatic carboxylic acids is 2. The SMILES string of the molecule is O=C(O)C(F)(F)F.O=C(O)C(F)(F)F.O=C(c1cccs1)N1CC2CN(Cc3cccnc3)CC2C1. The summed E-state index contributed by atoms with van der Waals surface area (Å²) in [5.41, 5.74) is 1.27. The molecule has 0 bridgehead atoms. The smallest absolute Gasteiger partial charge is 0.475 e. The Balaban J connectivity index is 0.000000271. The van der Waals surface area contributed by atoms with Gasteiger partial charge in [-0.15, -0.1) is 11.3 Å². The van der Waals surface area contributed by atoms with E-state index < -0.39 is 24.3 Å². The maximum atomic E-state index is 12.4. The standard InChI is InChI=1S/C17H19N3OS.2C2HF3O2/c21-17(16-4-2-6-22-16)20-11-14-9-19(10-15(14)12-20)8-13-3-1-5-18-7-13;2*3-2(4,5)1(6)7/h1-7,14-15H,8-12H2;2*(H,6,7). The van der Waals surface area contributed by atoms with Gasteiger partial charge in [-0.3, -0.25) is 14.7 Å². The minimum absolute atomic E-state index is 0.211. The monoisotopic (exact) mass is 541 g/mol. The Hall–Kier alpha value is -3.20. The summed E-state index contributed by atoms with van der Waals surface area (Å²) in [7, 11) is 0. The number of thiophene rings is 1. The first kappa shape index (κ1) is 29.0. The van der Waals surface area contributed by atoms with E-state index in [2.05, 4.69) is 16.0 Å². The lowest BCUT2D eigenvalue weighted by Gasteiger charge is -2.21. The van der Waals surface area contributed by atoms with Crippen LogP contribution >= 0.6 is 11.3 Å². The van der Waals surface area contributed by atoms with E-state index in [1.165, 1.54) is 16.9 Å². The van der Waals surface area contributed by atoms with Gasteiger partial charge in [0.15, 0.2) is 0 Å². The first-order valence-corrected chi connectivity index (χ1v) is 11.1. The Bertz CT molecular complexity index is 979. The molecule has 2 saturated heterocycles. The summed E-state index contributed by atoms with van der Waals surface area (Å²) in [6.45, 7) is 4.97. The Morgan fingerprint density at radius 3 is 1.83 bits per heavy atom. The summed E-state index contributed by atoms with van der Waals surface area (Å²) in [5, 5.41) is 16.2. The first-order chi connectivity index (χ1) is 16.7. The minimum Gasteiger partial charge on any atom is -0.475 e. The number of hydrogen-bond donors (Lipinski definition) is 2. The van der Waals surface area contributed by atoms with Crippen molar-refractivity contribution in [3.8, 4) is 0 Å². The van der Waals surface area contributed by atoms with Crippen LogP contribution in [0.1, 0.15) is 15.2 Å². The summed E-state index contributed by atoms with van der Waals surface area (Å²) in [5.74, 6) is -4.05. The molecule has 2 aliphatic rings. The van der Waals surface area contributed by atoms with E-state index in [4.69, 9.17) is 19.8 Å². The Morgan fingerprint density at radius 2 is 1.44 bits per heavy atom. The van der Waals surface area contributed by atoms with Crippen molar-refractivity contribution in [1.29, 1.82) is 0 Å². The van der Waals surface area contributed by atoms with Gasteiger partial charge in [0.05, 0.1) is 4.88 Å². The lowest BCUT2D eigenvalue weighted by molar-refractivity contribution is -0.193. The molecular formula is C21H21F6N3O5S. The fourth-order valence-corrected chi connectivity index (χ4v) is 4.38. The Morgan fingerprint density at radius 1 is 0.917 bits per heavy atom. The van der Waals surface area contributed by atoms with Crippen LogP contribution in [0.2, 0.25) is 0 Å². The highest BCUT2D eigenvalue weighted by Gasteiger charge is 2.42. The third-order valence-electron chi connectivity index (χ3n) is 5.20. The van der Waals surface area contributed by atoms with Crippen molar-refractivity contribution >= 4 is 29.2 Å². The molecular weight excluding hydrogens is 520 g/mol. The molecule has 4 heterocycles. The number of amides is 1. The highest BCUT2D eigenvalue weighted by Crippen LogP contribution is 2.33. The van der Waals surface area contributed by atoms with E-state index in [9.17, 15) is 31.1 Å². The second kappa shape index (κ2) is 12.2. The quantitative estimate of drug-likeness (QED) is 0.572. The van der Waals surface area contributed by atoms with Gasteiger partial charge in [-0.1, -0.05) is 12.1 Å². The van der Waals surface area contributed by atoms with Gasteiger partial charge >= 0.3 is 24.3 Å². The number of carboxylic acids is 2. The molecule has 8 nitrogen and oxygen atoms in total. The molecule has 2 unspecified atom stereocenters. The Labute approximate surface area is 204 Å². The van der Waals surface area contributed by atoms with Crippen LogP contribution in [0.15, 0.2) is 42.0 Å². The molecule has 2 aromatic rings. The molecule has 0 spiro atoms. The molecule has 15 heteroatoms. The topological polar surface area (TPSA) is 111 Å². The third kappa shape index (κ3) is 8.78. The maximum absolute atomic E-state index is 12.4. The van der Waals surface area contributed by atoms with Crippen molar-refractivity contribution in [2.45, 2.75) is 18.9 Å². The summed E-state index contributed by atoms with van der Waals surface area (Å²) < 4.78 is 63.5. The zero-order valence-corrected chi connectivity index (χ0v) is 19.2. The molecule has 2 N–H and O–H groups in total. The second-order valence-corrected chi connectivity index (χ2v) is 8.82. The number of carbonyl (C=O) groups is 3. The van der Waals surface area contributed by atoms with E-state index >= 15 is 0 Å². The summed E-state index contributed by atoms with van der Waals surface area (Å²) >= 11 is 1.54. The van der Waals surface area contributed by atoms with Crippen molar-refractivity contribution < 1.29 is 50.9 Å². The van der Waals surface area contributed by atoms with Gasteiger partial charge in [-0.2, -0.15) is 26.3 Å². The molecule has 0 saturated carbocycles. The maximum Gasteiger partial charge on any atom is 0.490 e. The molecule has 2 atom stereocenters. The predicted molar refractivity (Wildman–Crippen MR) is 114 cm³/mol. The van der Waals surface area contributed by atoms with Gasteiger partial charge in [-0.25, -0.2) is 9.59 Å². The van der Waals surface area contributed by atoms with Gasteiger partial charge in [-0.05, 0) is 34.9 Å². The lowest BCUT2D eigenvalue weighted by atomic mass is 10.0. The lowest BCUT2D eigenvalue weighted by Crippen LogP contribution is -2.32. The van der Waals surface area contributed by atoms with Crippen LogP contribution in [-0.4, -0.2) is 81.4 Å². The van der Waals surface area contributed by atoms with E-state index in [-0.39, 0.29) is 5.91 Å². The number of carbonyl (C=O) groups excluding carboxylic acids is 1. The number of alkyl halides is 6. The van der Waals surface area contributed by atoms with Crippen molar-refractivity contribution in [2.75, 3.05) is 26.2 Å². The predicted octanol–water partition coefficient (Wildman–Crippen LogP) is 3.61. The molecule has 0 radical (unpaired) electrons. The molecule has 0 aromatic carbocycles. The number of hydrogen-bond acceptors (Lipinski definition) is 6. The molecule has 1 amide bonds. The van der Waals surface area contributed by atoms with Crippen molar-refractivity contribution in [3.63, 3.8) is 0 Å². The van der Waals surface area contributed by atoms with Crippen LogP contribution in [0.4, 0.5) is 26.3 Å². The normalized spacial score (nSPS) is 19.4. The van der Waals surface area contributed by atoms with E-state index in [1.54, 1.807) is 0 Å². The summed E-state index contributed by atoms with van der Waals surface area (Å²) in [6, 6.07) is 8.00. The van der Waals surface area contributed by atoms with Crippen molar-refractivity contribution in [3.05, 3.63) is 52.5 Å². The number of fused-ring (bicyclic) bond motifs is 1. The average molecular weight is 541 g/mol. The van der Waals surface area contributed by atoms with Gasteiger partial charge in [0.2, 0.25) is 0 Å². The van der Waals surface area contributed by atoms with Crippen LogP contribution in [0.5, 0.6) is 0 Å². The van der Waals surface area contributed by atoms with Crippen LogP contribution < -0.4 is 0 Å². The first-order valence-electron chi connectivity index (χ1n) is 10.2. The third-order valence-corrected chi connectivity index (χ3v) is 6.05. The van der Waals surface area contributed by atoms with Gasteiger partial charge in [0.25, 0.3) is 5.91 Å². The van der Waals surface area contributed by atoms with Gasteiger partial charge in [0.1, 0.15) is 0 Å². The summed E-state index contributed by atoms with van der Waals surface area (Å²) in [6.07, 6.45) is -6.41. The number of carboxylic acid groups (broad SMARTS) is 2. The molecule has 198 valence electrons. The molecule has 2 aromatic heterocycles. The van der Waals surface area contributed by atoms with Gasteiger partial charge in [0, 0.05) is 45.1 Å². The van der Waals surface area contributed by atoms with Crippen LogP contribution in [0.3, 0.4) is 0 Å². The van der Waals surface area contributed by atoms with Crippen molar-refractivity contribution in [2.24, 2.45) is 11.8 Å². The number of pyridine rings is 1. The average Bonchev–Trinajstić information content (AvgIpc) is 3.50. The number of likely N-dealkylation sites (tertiary alicyclic amines) is 2. The fraction of sp³-hybridized carbons (Fsp3) is 0.429. The van der Waals surface area contributed by atoms with Crippen LogP contribution in [0.25, 0.3) is 0 Å².